The summed E-state index contributed by atoms with van der Waals surface area (Å²) >= 11 is 0. The van der Waals surface area contributed by atoms with Crippen LogP contribution in [0.5, 0.6) is 11.5 Å². The van der Waals surface area contributed by atoms with Crippen LogP contribution in [0, 0.1) is 0 Å². The lowest BCUT2D eigenvalue weighted by atomic mass is 10.0. The second-order valence-corrected chi connectivity index (χ2v) is 6.80. The van der Waals surface area contributed by atoms with Crippen LogP contribution < -0.4 is 15.4 Å². The van der Waals surface area contributed by atoms with Crippen molar-refractivity contribution in [1.82, 2.24) is 0 Å². The molecule has 0 spiro atoms. The van der Waals surface area contributed by atoms with Crippen molar-refractivity contribution in [3.8, 4) is 11.5 Å². The predicted octanol–water partition coefficient (Wildman–Crippen LogP) is 4.36. The molecule has 0 aliphatic heterocycles. The molecule has 150 valence electrons. The summed E-state index contributed by atoms with van der Waals surface area (Å²) in [6, 6.07) is 30.6. The van der Waals surface area contributed by atoms with Gasteiger partial charge < -0.3 is 19.8 Å². The molecule has 4 rings (SSSR count). The average Bonchev–Trinajstić information content (AvgIpc) is 3.31. The summed E-state index contributed by atoms with van der Waals surface area (Å²) in [6.45, 7) is 0.236. The van der Waals surface area contributed by atoms with E-state index in [0.717, 1.165) is 11.3 Å². The van der Waals surface area contributed by atoms with Crippen LogP contribution in [-0.4, -0.2) is 12.5 Å². The minimum atomic E-state index is -0.119. The van der Waals surface area contributed by atoms with Gasteiger partial charge in [0.25, 0.3) is 5.91 Å². The number of carbonyl (C=O) groups excluding carboxylic acids is 1. The Morgan fingerprint density at radius 1 is 0.867 bits per heavy atom. The van der Waals surface area contributed by atoms with Crippen LogP contribution >= 0.6 is 0 Å². The van der Waals surface area contributed by atoms with Gasteiger partial charge in [0.2, 0.25) is 0 Å². The van der Waals surface area contributed by atoms with Gasteiger partial charge in [0.05, 0.1) is 12.0 Å². The number of hydrogen-bond acceptors (Lipinski definition) is 3. The van der Waals surface area contributed by atoms with Crippen molar-refractivity contribution in [2.45, 2.75) is 6.04 Å². The summed E-state index contributed by atoms with van der Waals surface area (Å²) in [6.07, 6.45) is 1.65. The van der Waals surface area contributed by atoms with Crippen LogP contribution in [0.15, 0.2) is 108 Å². The summed E-state index contributed by atoms with van der Waals surface area (Å²) in [4.78, 5) is 12.7. The molecule has 5 nitrogen and oxygen atoms in total. The maximum atomic E-state index is 12.7. The third-order valence-electron chi connectivity index (χ3n) is 4.68. The number of quaternary nitrogens is 1. The Morgan fingerprint density at radius 2 is 1.57 bits per heavy atom. The quantitative estimate of drug-likeness (QED) is 0.462. The molecular formula is C25H23N2O3+. The van der Waals surface area contributed by atoms with Crippen molar-refractivity contribution < 1.29 is 19.3 Å². The lowest BCUT2D eigenvalue weighted by Gasteiger charge is -2.15. The molecule has 3 N–H and O–H groups in total. The van der Waals surface area contributed by atoms with E-state index in [1.165, 1.54) is 0 Å². The molecule has 5 heteroatoms. The van der Waals surface area contributed by atoms with Crippen molar-refractivity contribution in [3.63, 3.8) is 0 Å². The fourth-order valence-electron chi connectivity index (χ4n) is 3.25. The Kier molecular flexibility index (Phi) is 6.22. The molecular weight excluding hydrogens is 376 g/mol. The largest absolute Gasteiger partial charge is 0.463 e. The molecule has 0 fully saturated rings. The molecule has 1 heterocycles. The molecule has 0 aliphatic carbocycles. The number of rotatable bonds is 8. The Morgan fingerprint density at radius 3 is 2.30 bits per heavy atom. The van der Waals surface area contributed by atoms with E-state index in [4.69, 9.17) is 9.15 Å². The fraction of sp³-hybridized carbons (Fsp3) is 0.0800. The molecule has 0 radical (unpaired) electrons. The maximum absolute atomic E-state index is 12.7. The summed E-state index contributed by atoms with van der Waals surface area (Å²) in [5.41, 5.74) is 1.71. The van der Waals surface area contributed by atoms with Gasteiger partial charge in [0.15, 0.2) is 24.1 Å². The minimum absolute atomic E-state index is 0.0947. The Hall–Kier alpha value is -3.83. The standard InChI is InChI=1S/C25H22N2O3/c28-24(18-26-25(23-16-9-17-29-23)19-10-3-1-4-11-19)27-21-14-7-8-15-22(21)30-20-12-5-2-6-13-20/h1-17,25-26H,18H2,(H,27,28)/p+1/t25-/m1/s1. The van der Waals surface area contributed by atoms with Gasteiger partial charge in [-0.25, -0.2) is 0 Å². The zero-order valence-corrected chi connectivity index (χ0v) is 16.4. The number of nitrogens with two attached hydrogens (primary N) is 1. The molecule has 0 saturated heterocycles. The highest BCUT2D eigenvalue weighted by Crippen LogP contribution is 2.29. The van der Waals surface area contributed by atoms with Gasteiger partial charge >= 0.3 is 0 Å². The van der Waals surface area contributed by atoms with E-state index in [1.54, 1.807) is 6.26 Å². The van der Waals surface area contributed by atoms with E-state index < -0.39 is 0 Å². The van der Waals surface area contributed by atoms with Crippen LogP contribution in [0.1, 0.15) is 17.4 Å². The van der Waals surface area contributed by atoms with E-state index in [-0.39, 0.29) is 18.5 Å². The Bertz CT molecular complexity index is 1060. The SMILES string of the molecule is O=C(C[NH2+][C@H](c1ccccc1)c1ccco1)Nc1ccccc1Oc1ccccc1. The second-order valence-electron chi connectivity index (χ2n) is 6.80. The molecule has 30 heavy (non-hydrogen) atoms. The first-order chi connectivity index (χ1) is 14.8. The highest BCUT2D eigenvalue weighted by molar-refractivity contribution is 5.92. The van der Waals surface area contributed by atoms with Crippen molar-refractivity contribution in [2.75, 3.05) is 11.9 Å². The molecule has 1 aromatic heterocycles. The van der Waals surface area contributed by atoms with Crippen molar-refractivity contribution in [1.29, 1.82) is 0 Å². The second kappa shape index (κ2) is 9.58. The number of ether oxygens (including phenoxy) is 1. The molecule has 4 aromatic rings. The molecule has 0 saturated carbocycles. The molecule has 1 atom stereocenters. The van der Waals surface area contributed by atoms with Crippen molar-refractivity contribution >= 4 is 11.6 Å². The topological polar surface area (TPSA) is 68.1 Å². The van der Waals surface area contributed by atoms with E-state index in [9.17, 15) is 4.79 Å². The van der Waals surface area contributed by atoms with E-state index in [2.05, 4.69) is 5.32 Å². The minimum Gasteiger partial charge on any atom is -0.463 e. The third-order valence-corrected chi connectivity index (χ3v) is 4.68. The summed E-state index contributed by atoms with van der Waals surface area (Å²) < 4.78 is 11.5. The van der Waals surface area contributed by atoms with Crippen LogP contribution in [-0.2, 0) is 4.79 Å². The lowest BCUT2D eigenvalue weighted by molar-refractivity contribution is -0.678. The van der Waals surface area contributed by atoms with Gasteiger partial charge in [-0.2, -0.15) is 0 Å². The molecule has 0 unspecified atom stereocenters. The molecule has 3 aromatic carbocycles. The number of carbonyl (C=O) groups is 1. The smallest absolute Gasteiger partial charge is 0.279 e. The number of nitrogens with one attached hydrogen (secondary N) is 1. The van der Waals surface area contributed by atoms with E-state index in [1.807, 2.05) is 102 Å². The number of furan rings is 1. The van der Waals surface area contributed by atoms with Gasteiger partial charge in [-0.3, -0.25) is 4.79 Å². The van der Waals surface area contributed by atoms with Gasteiger partial charge in [0.1, 0.15) is 5.75 Å². The monoisotopic (exact) mass is 399 g/mol. The maximum Gasteiger partial charge on any atom is 0.279 e. The van der Waals surface area contributed by atoms with E-state index in [0.29, 0.717) is 17.2 Å². The summed E-state index contributed by atoms with van der Waals surface area (Å²) in [5.74, 6) is 2.00. The number of anilines is 1. The van der Waals surface area contributed by atoms with Gasteiger partial charge in [-0.15, -0.1) is 0 Å². The third kappa shape index (κ3) is 4.96. The average molecular weight is 399 g/mol. The van der Waals surface area contributed by atoms with Crippen molar-refractivity contribution in [3.05, 3.63) is 115 Å². The zero-order valence-electron chi connectivity index (χ0n) is 16.4. The molecule has 1 amide bonds. The summed E-state index contributed by atoms with van der Waals surface area (Å²) in [7, 11) is 0. The number of benzene rings is 3. The zero-order chi connectivity index (χ0) is 20.6. The van der Waals surface area contributed by atoms with Crippen LogP contribution in [0.25, 0.3) is 0 Å². The van der Waals surface area contributed by atoms with Crippen LogP contribution in [0.4, 0.5) is 5.69 Å². The number of para-hydroxylation sites is 3. The highest BCUT2D eigenvalue weighted by Gasteiger charge is 2.21. The first-order valence-electron chi connectivity index (χ1n) is 9.83. The first kappa shape index (κ1) is 19.5. The van der Waals surface area contributed by atoms with Gasteiger partial charge in [-0.05, 0) is 36.4 Å². The van der Waals surface area contributed by atoms with Gasteiger partial charge in [-0.1, -0.05) is 60.7 Å². The lowest BCUT2D eigenvalue weighted by Crippen LogP contribution is -2.87. The van der Waals surface area contributed by atoms with Crippen LogP contribution in [0.2, 0.25) is 0 Å². The number of amides is 1. The van der Waals surface area contributed by atoms with Gasteiger partial charge in [0, 0.05) is 5.56 Å². The van der Waals surface area contributed by atoms with E-state index >= 15 is 0 Å². The predicted molar refractivity (Wildman–Crippen MR) is 115 cm³/mol. The highest BCUT2D eigenvalue weighted by atomic mass is 16.5. The normalized spacial score (nSPS) is 11.6. The molecule has 0 bridgehead atoms. The first-order valence-corrected chi connectivity index (χ1v) is 9.83. The van der Waals surface area contributed by atoms with Crippen molar-refractivity contribution in [2.24, 2.45) is 0 Å². The summed E-state index contributed by atoms with van der Waals surface area (Å²) in [5, 5.41) is 4.92. The molecule has 0 aliphatic rings. The van der Waals surface area contributed by atoms with Crippen LogP contribution in [0.3, 0.4) is 0 Å². The number of hydrogen-bond donors (Lipinski definition) is 2. The fourth-order valence-corrected chi connectivity index (χ4v) is 3.25. The Balaban J connectivity index is 1.43. The Labute approximate surface area is 175 Å².